The predicted molar refractivity (Wildman–Crippen MR) is 40.8 cm³/mol. The van der Waals surface area contributed by atoms with E-state index in [2.05, 4.69) is 10.3 Å². The Morgan fingerprint density at radius 1 is 1.64 bits per heavy atom. The second-order valence-corrected chi connectivity index (χ2v) is 2.47. The maximum Gasteiger partial charge on any atom is 0.408 e. The lowest BCUT2D eigenvalue weighted by Gasteiger charge is -2.08. The van der Waals surface area contributed by atoms with Crippen LogP contribution in [0.25, 0.3) is 0 Å². The van der Waals surface area contributed by atoms with Crippen LogP contribution in [0.3, 0.4) is 0 Å². The first-order chi connectivity index (χ1) is 6.44. The third-order valence-electron chi connectivity index (χ3n) is 1.42. The van der Waals surface area contributed by atoms with E-state index in [9.17, 15) is 13.2 Å². The fourth-order valence-corrected chi connectivity index (χ4v) is 0.897. The van der Waals surface area contributed by atoms with Gasteiger partial charge in [0.15, 0.2) is 5.84 Å². The van der Waals surface area contributed by atoms with Crippen LogP contribution < -0.4 is 5.73 Å². The van der Waals surface area contributed by atoms with E-state index < -0.39 is 18.6 Å². The van der Waals surface area contributed by atoms with Crippen LogP contribution in [0, 0.1) is 0 Å². The fourth-order valence-electron chi connectivity index (χ4n) is 0.897. The summed E-state index contributed by atoms with van der Waals surface area (Å²) in [5.74, 6) is -0.410. The number of halogens is 3. The van der Waals surface area contributed by atoms with Gasteiger partial charge in [0.05, 0.1) is 0 Å². The molecule has 0 atom stereocenters. The molecule has 1 aromatic heterocycles. The third kappa shape index (κ3) is 2.38. The van der Waals surface area contributed by atoms with E-state index in [1.54, 1.807) is 0 Å². The standard InChI is InChI=1S/C6H7F3N4O/c7-6(8,9)3-13-4(1-2-11-13)5(10)12-14/h1-2,14H,3H2,(H2,10,12). The number of hydrogen-bond donors (Lipinski definition) is 2. The molecule has 0 aliphatic carbocycles. The molecule has 0 aliphatic heterocycles. The van der Waals surface area contributed by atoms with Gasteiger partial charge in [-0.3, -0.25) is 4.68 Å². The van der Waals surface area contributed by atoms with Crippen molar-refractivity contribution in [2.24, 2.45) is 10.9 Å². The molecule has 0 amide bonds. The molecule has 0 radical (unpaired) electrons. The van der Waals surface area contributed by atoms with Gasteiger partial charge in [-0.15, -0.1) is 0 Å². The van der Waals surface area contributed by atoms with E-state index in [1.807, 2.05) is 0 Å². The molecule has 8 heteroatoms. The summed E-state index contributed by atoms with van der Waals surface area (Å²) in [7, 11) is 0. The van der Waals surface area contributed by atoms with Crippen molar-refractivity contribution in [1.82, 2.24) is 9.78 Å². The second kappa shape index (κ2) is 3.56. The summed E-state index contributed by atoms with van der Waals surface area (Å²) in [5.41, 5.74) is 5.05. The smallest absolute Gasteiger partial charge is 0.408 e. The van der Waals surface area contributed by atoms with Gasteiger partial charge in [0.1, 0.15) is 12.2 Å². The molecule has 0 spiro atoms. The van der Waals surface area contributed by atoms with E-state index >= 15 is 0 Å². The van der Waals surface area contributed by atoms with Crippen molar-refractivity contribution < 1.29 is 18.4 Å². The molecular weight excluding hydrogens is 201 g/mol. The molecule has 0 bridgehead atoms. The van der Waals surface area contributed by atoms with Gasteiger partial charge in [0, 0.05) is 6.20 Å². The quantitative estimate of drug-likeness (QED) is 0.322. The van der Waals surface area contributed by atoms with Crippen LogP contribution in [0.15, 0.2) is 17.4 Å². The molecule has 1 rings (SSSR count). The van der Waals surface area contributed by atoms with Crippen LogP contribution in [0.4, 0.5) is 13.2 Å². The first kappa shape index (κ1) is 10.4. The van der Waals surface area contributed by atoms with E-state index in [0.29, 0.717) is 4.68 Å². The van der Waals surface area contributed by atoms with E-state index in [1.165, 1.54) is 6.07 Å². The molecule has 78 valence electrons. The van der Waals surface area contributed by atoms with Crippen LogP contribution >= 0.6 is 0 Å². The van der Waals surface area contributed by atoms with Crippen molar-refractivity contribution in [2.45, 2.75) is 12.7 Å². The monoisotopic (exact) mass is 208 g/mol. The number of nitrogens with zero attached hydrogens (tertiary/aromatic N) is 3. The number of nitrogens with two attached hydrogens (primary N) is 1. The number of hydrogen-bond acceptors (Lipinski definition) is 3. The van der Waals surface area contributed by atoms with Gasteiger partial charge in [0.2, 0.25) is 0 Å². The molecule has 1 aromatic rings. The largest absolute Gasteiger partial charge is 0.409 e. The molecule has 0 aliphatic rings. The van der Waals surface area contributed by atoms with Crippen LogP contribution in [-0.2, 0) is 6.54 Å². The molecule has 5 nitrogen and oxygen atoms in total. The number of amidine groups is 1. The van der Waals surface area contributed by atoms with E-state index in [0.717, 1.165) is 6.20 Å². The minimum absolute atomic E-state index is 0.0789. The average molecular weight is 208 g/mol. The van der Waals surface area contributed by atoms with Gasteiger partial charge in [-0.1, -0.05) is 5.16 Å². The Kier molecular flexibility index (Phi) is 2.63. The minimum Gasteiger partial charge on any atom is -0.409 e. The topological polar surface area (TPSA) is 76.4 Å². The van der Waals surface area contributed by atoms with Crippen LogP contribution in [-0.4, -0.2) is 27.0 Å². The zero-order valence-corrected chi connectivity index (χ0v) is 6.86. The zero-order chi connectivity index (χ0) is 10.8. The van der Waals surface area contributed by atoms with Gasteiger partial charge in [-0.25, -0.2) is 0 Å². The lowest BCUT2D eigenvalue weighted by molar-refractivity contribution is -0.142. The Labute approximate surface area is 76.6 Å². The molecule has 0 fully saturated rings. The number of rotatable bonds is 2. The number of oxime groups is 1. The highest BCUT2D eigenvalue weighted by atomic mass is 19.4. The summed E-state index contributed by atoms with van der Waals surface area (Å²) < 4.78 is 36.5. The highest BCUT2D eigenvalue weighted by Crippen LogP contribution is 2.17. The SMILES string of the molecule is NC(=NO)c1ccnn1CC(F)(F)F. The van der Waals surface area contributed by atoms with Gasteiger partial charge < -0.3 is 10.9 Å². The van der Waals surface area contributed by atoms with Crippen molar-refractivity contribution in [3.63, 3.8) is 0 Å². The van der Waals surface area contributed by atoms with E-state index in [-0.39, 0.29) is 5.69 Å². The second-order valence-electron chi connectivity index (χ2n) is 2.47. The normalized spacial score (nSPS) is 13.2. The maximum atomic E-state index is 12.0. The highest BCUT2D eigenvalue weighted by molar-refractivity contribution is 5.95. The summed E-state index contributed by atoms with van der Waals surface area (Å²) in [5, 5.41) is 14.3. The highest BCUT2D eigenvalue weighted by Gasteiger charge is 2.29. The summed E-state index contributed by atoms with van der Waals surface area (Å²) >= 11 is 0. The van der Waals surface area contributed by atoms with Crippen molar-refractivity contribution in [2.75, 3.05) is 0 Å². The molecule has 0 saturated heterocycles. The number of alkyl halides is 3. The van der Waals surface area contributed by atoms with Gasteiger partial charge >= 0.3 is 6.18 Å². The number of aromatic nitrogens is 2. The first-order valence-corrected chi connectivity index (χ1v) is 3.50. The third-order valence-corrected chi connectivity index (χ3v) is 1.42. The molecular formula is C6H7F3N4O. The lowest BCUT2D eigenvalue weighted by atomic mass is 10.4. The minimum atomic E-state index is -4.39. The Morgan fingerprint density at radius 2 is 2.29 bits per heavy atom. The summed E-state index contributed by atoms with van der Waals surface area (Å²) in [6.45, 7) is -1.27. The summed E-state index contributed by atoms with van der Waals surface area (Å²) in [6.07, 6.45) is -3.25. The Bertz CT molecular complexity index is 343. The maximum absolute atomic E-state index is 12.0. The fraction of sp³-hybridized carbons (Fsp3) is 0.333. The van der Waals surface area contributed by atoms with Gasteiger partial charge in [-0.2, -0.15) is 18.3 Å². The Hall–Kier alpha value is -1.73. The van der Waals surface area contributed by atoms with Gasteiger partial charge in [-0.05, 0) is 6.07 Å². The van der Waals surface area contributed by atoms with Crippen molar-refractivity contribution in [1.29, 1.82) is 0 Å². The summed E-state index contributed by atoms with van der Waals surface area (Å²) in [6, 6.07) is 1.22. The van der Waals surface area contributed by atoms with Crippen LogP contribution in [0.1, 0.15) is 5.69 Å². The zero-order valence-electron chi connectivity index (χ0n) is 6.86. The van der Waals surface area contributed by atoms with Crippen molar-refractivity contribution in [3.05, 3.63) is 18.0 Å². The molecule has 0 saturated carbocycles. The van der Waals surface area contributed by atoms with E-state index in [4.69, 9.17) is 10.9 Å². The molecule has 3 N–H and O–H groups in total. The lowest BCUT2D eigenvalue weighted by Crippen LogP contribution is -2.25. The Morgan fingerprint density at radius 3 is 2.79 bits per heavy atom. The Balaban J connectivity index is 2.94. The molecule has 0 unspecified atom stereocenters. The average Bonchev–Trinajstić information content (AvgIpc) is 2.48. The molecule has 14 heavy (non-hydrogen) atoms. The molecule has 1 heterocycles. The molecule has 0 aromatic carbocycles. The van der Waals surface area contributed by atoms with Gasteiger partial charge in [0.25, 0.3) is 0 Å². The summed E-state index contributed by atoms with van der Waals surface area (Å²) in [4.78, 5) is 0. The van der Waals surface area contributed by atoms with Crippen molar-refractivity contribution >= 4 is 5.84 Å². The predicted octanol–water partition coefficient (Wildman–Crippen LogP) is 0.540. The first-order valence-electron chi connectivity index (χ1n) is 3.50. The van der Waals surface area contributed by atoms with Crippen molar-refractivity contribution in [3.8, 4) is 0 Å². The van der Waals surface area contributed by atoms with Crippen LogP contribution in [0.2, 0.25) is 0 Å². The van der Waals surface area contributed by atoms with Crippen LogP contribution in [0.5, 0.6) is 0 Å².